The van der Waals surface area contributed by atoms with Gasteiger partial charge in [0.25, 0.3) is 5.91 Å². The molecule has 0 saturated heterocycles. The summed E-state index contributed by atoms with van der Waals surface area (Å²) < 4.78 is 5.46. The molecule has 2 heterocycles. The van der Waals surface area contributed by atoms with Gasteiger partial charge in [-0.15, -0.1) is 0 Å². The van der Waals surface area contributed by atoms with Crippen molar-refractivity contribution in [2.24, 2.45) is 0 Å². The minimum absolute atomic E-state index is 0.0176. The summed E-state index contributed by atoms with van der Waals surface area (Å²) in [7, 11) is 0. The van der Waals surface area contributed by atoms with Gasteiger partial charge in [-0.05, 0) is 30.3 Å². The predicted molar refractivity (Wildman–Crippen MR) is 82.8 cm³/mol. The van der Waals surface area contributed by atoms with E-state index in [4.69, 9.17) is 33.4 Å². The zero-order valence-electron chi connectivity index (χ0n) is 10.6. The molecule has 3 rings (SSSR count). The van der Waals surface area contributed by atoms with Crippen molar-refractivity contribution in [1.29, 1.82) is 0 Å². The third kappa shape index (κ3) is 2.66. The molecule has 0 atom stereocenters. The Kier molecular flexibility index (Phi) is 3.45. The number of aromatic nitrogens is 1. The van der Waals surface area contributed by atoms with Crippen LogP contribution >= 0.6 is 23.2 Å². The molecule has 0 spiro atoms. The van der Waals surface area contributed by atoms with Crippen LogP contribution in [0.5, 0.6) is 0 Å². The van der Waals surface area contributed by atoms with Gasteiger partial charge in [-0.1, -0.05) is 23.2 Å². The number of furan rings is 1. The maximum absolute atomic E-state index is 12.2. The van der Waals surface area contributed by atoms with Gasteiger partial charge in [0.1, 0.15) is 11.4 Å². The van der Waals surface area contributed by atoms with E-state index in [0.29, 0.717) is 26.8 Å². The number of rotatable bonds is 2. The molecule has 21 heavy (non-hydrogen) atoms. The lowest BCUT2D eigenvalue weighted by molar-refractivity contribution is 0.0999. The fraction of sp³-hybridized carbons (Fsp3) is 0. The molecule has 7 heteroatoms. The second kappa shape index (κ2) is 5.27. The van der Waals surface area contributed by atoms with E-state index >= 15 is 0 Å². The van der Waals surface area contributed by atoms with Gasteiger partial charge in [-0.3, -0.25) is 4.79 Å². The number of nitrogen functional groups attached to an aromatic ring is 1. The average Bonchev–Trinajstić information content (AvgIpc) is 2.79. The number of anilines is 2. The van der Waals surface area contributed by atoms with Gasteiger partial charge in [0.2, 0.25) is 5.76 Å². The number of fused-ring (bicyclic) bond motifs is 1. The Hall–Kier alpha value is -2.24. The van der Waals surface area contributed by atoms with E-state index in [2.05, 4.69) is 10.3 Å². The van der Waals surface area contributed by atoms with Crippen molar-refractivity contribution in [2.45, 2.75) is 0 Å². The highest BCUT2D eigenvalue weighted by molar-refractivity contribution is 6.31. The molecular formula is C14H9Cl2N3O2. The predicted octanol–water partition coefficient (Wildman–Crippen LogP) is 3.97. The van der Waals surface area contributed by atoms with Gasteiger partial charge in [-0.2, -0.15) is 0 Å². The van der Waals surface area contributed by atoms with Crippen LogP contribution in [0.25, 0.3) is 11.0 Å². The summed E-state index contributed by atoms with van der Waals surface area (Å²) in [4.78, 5) is 16.2. The van der Waals surface area contributed by atoms with Gasteiger partial charge in [0.15, 0.2) is 0 Å². The standard InChI is InChI=1S/C14H9Cl2N3O2/c15-7-1-3-10-9(5-7)12(17)13(21-10)14(20)19-11-4-2-8(16)6-18-11/h1-6H,17H2,(H,18,19,20). The van der Waals surface area contributed by atoms with Crippen molar-refractivity contribution in [3.8, 4) is 0 Å². The number of pyridine rings is 1. The Bertz CT molecular complexity index is 828. The molecule has 0 aliphatic rings. The van der Waals surface area contributed by atoms with E-state index in [0.717, 1.165) is 0 Å². The highest BCUT2D eigenvalue weighted by Gasteiger charge is 2.19. The minimum Gasteiger partial charge on any atom is -0.449 e. The molecule has 1 amide bonds. The lowest BCUT2D eigenvalue weighted by Crippen LogP contribution is -2.13. The summed E-state index contributed by atoms with van der Waals surface area (Å²) in [6, 6.07) is 8.16. The van der Waals surface area contributed by atoms with Crippen LogP contribution in [0.2, 0.25) is 10.0 Å². The van der Waals surface area contributed by atoms with Crippen molar-refractivity contribution in [2.75, 3.05) is 11.1 Å². The molecule has 0 aliphatic heterocycles. The van der Waals surface area contributed by atoms with Gasteiger partial charge >= 0.3 is 0 Å². The summed E-state index contributed by atoms with van der Waals surface area (Å²) in [5, 5.41) is 4.17. The molecule has 0 fully saturated rings. The third-order valence-corrected chi connectivity index (χ3v) is 3.32. The summed E-state index contributed by atoms with van der Waals surface area (Å²) in [6.07, 6.45) is 1.43. The number of nitrogens with one attached hydrogen (secondary N) is 1. The van der Waals surface area contributed by atoms with Crippen LogP contribution in [-0.4, -0.2) is 10.9 Å². The molecule has 1 aromatic carbocycles. The Balaban J connectivity index is 1.94. The van der Waals surface area contributed by atoms with E-state index in [-0.39, 0.29) is 11.4 Å². The van der Waals surface area contributed by atoms with Crippen molar-refractivity contribution in [3.63, 3.8) is 0 Å². The number of nitrogens with two attached hydrogens (primary N) is 1. The fourth-order valence-electron chi connectivity index (χ4n) is 1.88. The summed E-state index contributed by atoms with van der Waals surface area (Å²) >= 11 is 11.6. The second-order valence-corrected chi connectivity index (χ2v) is 5.17. The molecule has 5 nitrogen and oxygen atoms in total. The molecule has 0 bridgehead atoms. The van der Waals surface area contributed by atoms with Gasteiger partial charge < -0.3 is 15.5 Å². The van der Waals surface area contributed by atoms with Crippen LogP contribution < -0.4 is 11.1 Å². The van der Waals surface area contributed by atoms with Crippen molar-refractivity contribution >= 4 is 51.6 Å². The SMILES string of the molecule is Nc1c(C(=O)Nc2ccc(Cl)cn2)oc2ccc(Cl)cc12. The molecule has 106 valence electrons. The molecule has 2 aromatic heterocycles. The van der Waals surface area contributed by atoms with E-state index < -0.39 is 5.91 Å². The quantitative estimate of drug-likeness (QED) is 0.748. The maximum Gasteiger partial charge on any atom is 0.294 e. The van der Waals surface area contributed by atoms with Crippen LogP contribution in [-0.2, 0) is 0 Å². The van der Waals surface area contributed by atoms with Crippen LogP contribution in [0.4, 0.5) is 11.5 Å². The van der Waals surface area contributed by atoms with Crippen molar-refractivity contribution in [3.05, 3.63) is 52.3 Å². The van der Waals surface area contributed by atoms with Crippen LogP contribution in [0.1, 0.15) is 10.6 Å². The first-order chi connectivity index (χ1) is 10.0. The number of carbonyl (C=O) groups is 1. The largest absolute Gasteiger partial charge is 0.449 e. The van der Waals surface area contributed by atoms with E-state index in [1.54, 1.807) is 30.3 Å². The monoisotopic (exact) mass is 321 g/mol. The van der Waals surface area contributed by atoms with Crippen LogP contribution in [0.15, 0.2) is 40.9 Å². The fourth-order valence-corrected chi connectivity index (χ4v) is 2.16. The Morgan fingerprint density at radius 3 is 2.67 bits per heavy atom. The summed E-state index contributed by atoms with van der Waals surface area (Å²) in [6.45, 7) is 0. The number of carbonyl (C=O) groups excluding carboxylic acids is 1. The topological polar surface area (TPSA) is 81.2 Å². The van der Waals surface area contributed by atoms with Gasteiger partial charge in [-0.25, -0.2) is 4.98 Å². The number of hydrogen-bond donors (Lipinski definition) is 2. The van der Waals surface area contributed by atoms with E-state index in [1.165, 1.54) is 6.20 Å². The molecule has 3 N–H and O–H groups in total. The summed E-state index contributed by atoms with van der Waals surface area (Å²) in [5.41, 5.74) is 6.66. The zero-order chi connectivity index (χ0) is 15.0. The van der Waals surface area contributed by atoms with E-state index in [9.17, 15) is 4.79 Å². The first kappa shape index (κ1) is 13.7. The second-order valence-electron chi connectivity index (χ2n) is 4.30. The highest BCUT2D eigenvalue weighted by Crippen LogP contribution is 2.30. The molecular weight excluding hydrogens is 313 g/mol. The maximum atomic E-state index is 12.2. The normalized spacial score (nSPS) is 10.8. The zero-order valence-corrected chi connectivity index (χ0v) is 12.1. The molecule has 0 unspecified atom stereocenters. The molecule has 0 radical (unpaired) electrons. The third-order valence-electron chi connectivity index (χ3n) is 2.86. The van der Waals surface area contributed by atoms with Gasteiger partial charge in [0.05, 0.1) is 10.7 Å². The number of hydrogen-bond acceptors (Lipinski definition) is 4. The van der Waals surface area contributed by atoms with Crippen molar-refractivity contribution < 1.29 is 9.21 Å². The minimum atomic E-state index is -0.491. The number of nitrogens with zero attached hydrogens (tertiary/aromatic N) is 1. The summed E-state index contributed by atoms with van der Waals surface area (Å²) in [5.74, 6) is -0.124. The molecule has 3 aromatic rings. The van der Waals surface area contributed by atoms with Crippen molar-refractivity contribution in [1.82, 2.24) is 4.98 Å². The lowest BCUT2D eigenvalue weighted by atomic mass is 10.2. The Morgan fingerprint density at radius 2 is 1.95 bits per heavy atom. The molecule has 0 saturated carbocycles. The van der Waals surface area contributed by atoms with Crippen LogP contribution in [0.3, 0.4) is 0 Å². The number of halogens is 2. The lowest BCUT2D eigenvalue weighted by Gasteiger charge is -2.02. The molecule has 0 aliphatic carbocycles. The smallest absolute Gasteiger partial charge is 0.294 e. The average molecular weight is 322 g/mol. The number of benzene rings is 1. The van der Waals surface area contributed by atoms with Crippen LogP contribution in [0, 0.1) is 0 Å². The number of amides is 1. The Labute approximate surface area is 129 Å². The van der Waals surface area contributed by atoms with Gasteiger partial charge in [0, 0.05) is 16.6 Å². The Morgan fingerprint density at radius 1 is 1.19 bits per heavy atom. The highest BCUT2D eigenvalue weighted by atomic mass is 35.5. The first-order valence-corrected chi connectivity index (χ1v) is 6.70. The first-order valence-electron chi connectivity index (χ1n) is 5.95. The van der Waals surface area contributed by atoms with E-state index in [1.807, 2.05) is 0 Å².